The first-order valence-electron chi connectivity index (χ1n) is 6.87. The summed E-state index contributed by atoms with van der Waals surface area (Å²) in [5.74, 6) is 0. The molecule has 5 heteroatoms. The summed E-state index contributed by atoms with van der Waals surface area (Å²) in [6.45, 7) is 2.12. The molecule has 0 heterocycles. The fourth-order valence-electron chi connectivity index (χ4n) is 2.25. The number of nitrogens with two attached hydrogens (primary N) is 1. The molecule has 0 aliphatic rings. The fraction of sp³-hybridized carbons (Fsp3) is 0.250. The number of benzene rings is 2. The fourth-order valence-corrected chi connectivity index (χ4v) is 3.09. The van der Waals surface area contributed by atoms with E-state index in [0.29, 0.717) is 5.69 Å². The molecule has 0 spiro atoms. The van der Waals surface area contributed by atoms with E-state index in [1.807, 2.05) is 18.2 Å². The average molecular weight is 304 g/mol. The van der Waals surface area contributed by atoms with Gasteiger partial charge in [0.2, 0.25) is 0 Å². The van der Waals surface area contributed by atoms with Gasteiger partial charge in [-0.2, -0.15) is 0 Å². The van der Waals surface area contributed by atoms with Crippen LogP contribution in [0.1, 0.15) is 18.9 Å². The molecular weight excluding hydrogens is 284 g/mol. The van der Waals surface area contributed by atoms with E-state index < -0.39 is 9.84 Å². The lowest BCUT2D eigenvalue weighted by Crippen LogP contribution is -2.06. The zero-order valence-electron chi connectivity index (χ0n) is 12.3. The molecular formula is C16H20N2O2S. The van der Waals surface area contributed by atoms with Crippen molar-refractivity contribution in [3.8, 4) is 0 Å². The summed E-state index contributed by atoms with van der Waals surface area (Å²) in [5.41, 5.74) is 9.01. The van der Waals surface area contributed by atoms with Gasteiger partial charge in [0.05, 0.1) is 16.3 Å². The summed E-state index contributed by atoms with van der Waals surface area (Å²) >= 11 is 0. The number of hydrogen-bond donors (Lipinski definition) is 2. The Bertz CT molecular complexity index is 740. The van der Waals surface area contributed by atoms with E-state index in [0.717, 1.165) is 24.8 Å². The van der Waals surface area contributed by atoms with E-state index in [1.165, 1.54) is 11.6 Å². The molecule has 0 saturated carbocycles. The van der Waals surface area contributed by atoms with Gasteiger partial charge in [0.25, 0.3) is 0 Å². The van der Waals surface area contributed by atoms with Gasteiger partial charge in [0, 0.05) is 11.9 Å². The molecule has 2 aromatic carbocycles. The molecule has 0 aliphatic heterocycles. The van der Waals surface area contributed by atoms with Crippen molar-refractivity contribution in [3.05, 3.63) is 48.0 Å². The topological polar surface area (TPSA) is 72.2 Å². The van der Waals surface area contributed by atoms with E-state index >= 15 is 0 Å². The molecule has 0 aliphatic carbocycles. The third-order valence-corrected chi connectivity index (χ3v) is 4.43. The van der Waals surface area contributed by atoms with Crippen molar-refractivity contribution in [1.29, 1.82) is 0 Å². The molecule has 112 valence electrons. The highest BCUT2D eigenvalue weighted by Gasteiger charge is 2.14. The van der Waals surface area contributed by atoms with Gasteiger partial charge in [-0.1, -0.05) is 37.6 Å². The lowest BCUT2D eigenvalue weighted by molar-refractivity contribution is 0.602. The summed E-state index contributed by atoms with van der Waals surface area (Å²) in [7, 11) is -3.33. The zero-order valence-corrected chi connectivity index (χ0v) is 13.1. The molecule has 2 aromatic rings. The molecule has 0 bridgehead atoms. The standard InChI is InChI=1S/C16H20N2O2S/c1-3-7-12-8-4-5-9-13(12)18-14-10-6-11-15(16(14)17)21(2,19)20/h4-6,8-11,18H,3,7,17H2,1-2H3. The summed E-state index contributed by atoms with van der Waals surface area (Å²) in [5, 5.41) is 3.25. The molecule has 0 unspecified atom stereocenters. The molecule has 0 amide bonds. The molecule has 3 N–H and O–H groups in total. The second-order valence-corrected chi connectivity index (χ2v) is 7.01. The second kappa shape index (κ2) is 6.18. The van der Waals surface area contributed by atoms with Gasteiger partial charge in [-0.05, 0) is 30.2 Å². The summed E-state index contributed by atoms with van der Waals surface area (Å²) in [6.07, 6.45) is 3.15. The first-order valence-corrected chi connectivity index (χ1v) is 8.76. The largest absolute Gasteiger partial charge is 0.396 e. The number of rotatable bonds is 5. The van der Waals surface area contributed by atoms with Crippen LogP contribution in [0, 0.1) is 0 Å². The van der Waals surface area contributed by atoms with E-state index in [1.54, 1.807) is 12.1 Å². The second-order valence-electron chi connectivity index (χ2n) is 5.02. The minimum absolute atomic E-state index is 0.153. The van der Waals surface area contributed by atoms with Crippen molar-refractivity contribution in [2.45, 2.75) is 24.7 Å². The maximum atomic E-state index is 11.7. The van der Waals surface area contributed by atoms with Gasteiger partial charge in [-0.15, -0.1) is 0 Å². The van der Waals surface area contributed by atoms with Crippen LogP contribution in [0.25, 0.3) is 0 Å². The van der Waals surface area contributed by atoms with Gasteiger partial charge >= 0.3 is 0 Å². The monoisotopic (exact) mass is 304 g/mol. The average Bonchev–Trinajstić information content (AvgIpc) is 2.42. The van der Waals surface area contributed by atoms with Crippen molar-refractivity contribution in [2.24, 2.45) is 0 Å². The normalized spacial score (nSPS) is 11.3. The summed E-state index contributed by atoms with van der Waals surface area (Å²) in [4.78, 5) is 0.153. The number of hydrogen-bond acceptors (Lipinski definition) is 4. The number of sulfone groups is 1. The third kappa shape index (κ3) is 3.55. The summed E-state index contributed by atoms with van der Waals surface area (Å²) in [6, 6.07) is 13.0. The SMILES string of the molecule is CCCc1ccccc1Nc1cccc(S(C)(=O)=O)c1N. The van der Waals surface area contributed by atoms with E-state index in [-0.39, 0.29) is 10.6 Å². The van der Waals surface area contributed by atoms with Crippen molar-refractivity contribution >= 4 is 26.9 Å². The smallest absolute Gasteiger partial charge is 0.177 e. The molecule has 2 rings (SSSR count). The van der Waals surface area contributed by atoms with Gasteiger partial charge in [-0.3, -0.25) is 0 Å². The van der Waals surface area contributed by atoms with E-state index in [2.05, 4.69) is 18.3 Å². The van der Waals surface area contributed by atoms with Crippen LogP contribution in [0.5, 0.6) is 0 Å². The molecule has 0 saturated heterocycles. The van der Waals surface area contributed by atoms with Crippen LogP contribution in [0.15, 0.2) is 47.4 Å². The van der Waals surface area contributed by atoms with Crippen LogP contribution < -0.4 is 11.1 Å². The number of nitrogen functional groups attached to an aromatic ring is 1. The number of anilines is 3. The predicted molar refractivity (Wildman–Crippen MR) is 87.7 cm³/mol. The van der Waals surface area contributed by atoms with Gasteiger partial charge in [0.15, 0.2) is 9.84 Å². The Morgan fingerprint density at radius 2 is 1.71 bits per heavy atom. The Hall–Kier alpha value is -2.01. The molecule has 0 aromatic heterocycles. The van der Waals surface area contributed by atoms with Crippen molar-refractivity contribution in [2.75, 3.05) is 17.3 Å². The third-order valence-electron chi connectivity index (χ3n) is 3.27. The van der Waals surface area contributed by atoms with Gasteiger partial charge in [0.1, 0.15) is 0 Å². The van der Waals surface area contributed by atoms with E-state index in [9.17, 15) is 8.42 Å². The van der Waals surface area contributed by atoms with Crippen LogP contribution in [-0.4, -0.2) is 14.7 Å². The minimum atomic E-state index is -3.33. The number of nitrogens with one attached hydrogen (secondary N) is 1. The van der Waals surface area contributed by atoms with Crippen molar-refractivity contribution < 1.29 is 8.42 Å². The first-order chi connectivity index (χ1) is 9.93. The van der Waals surface area contributed by atoms with Crippen molar-refractivity contribution in [1.82, 2.24) is 0 Å². The number of para-hydroxylation sites is 2. The Labute approximate surface area is 125 Å². The first kappa shape index (κ1) is 15.4. The molecule has 21 heavy (non-hydrogen) atoms. The van der Waals surface area contributed by atoms with Crippen LogP contribution >= 0.6 is 0 Å². The van der Waals surface area contributed by atoms with Gasteiger partial charge in [-0.25, -0.2) is 8.42 Å². The Morgan fingerprint density at radius 3 is 2.38 bits per heavy atom. The predicted octanol–water partition coefficient (Wildman–Crippen LogP) is 3.37. The Kier molecular flexibility index (Phi) is 4.53. The molecule has 0 fully saturated rings. The van der Waals surface area contributed by atoms with Crippen LogP contribution in [-0.2, 0) is 16.3 Å². The highest BCUT2D eigenvalue weighted by molar-refractivity contribution is 7.90. The van der Waals surface area contributed by atoms with Crippen LogP contribution in [0.3, 0.4) is 0 Å². The van der Waals surface area contributed by atoms with Gasteiger partial charge < -0.3 is 11.1 Å². The highest BCUT2D eigenvalue weighted by atomic mass is 32.2. The lowest BCUT2D eigenvalue weighted by Gasteiger charge is -2.15. The molecule has 4 nitrogen and oxygen atoms in total. The molecule has 0 atom stereocenters. The van der Waals surface area contributed by atoms with E-state index in [4.69, 9.17) is 5.73 Å². The minimum Gasteiger partial charge on any atom is -0.396 e. The maximum Gasteiger partial charge on any atom is 0.177 e. The lowest BCUT2D eigenvalue weighted by atomic mass is 10.1. The number of aryl methyl sites for hydroxylation is 1. The van der Waals surface area contributed by atoms with Crippen molar-refractivity contribution in [3.63, 3.8) is 0 Å². The Balaban J connectivity index is 2.42. The Morgan fingerprint density at radius 1 is 1.05 bits per heavy atom. The molecule has 0 radical (unpaired) electrons. The van der Waals surface area contributed by atoms with Crippen LogP contribution in [0.4, 0.5) is 17.1 Å². The quantitative estimate of drug-likeness (QED) is 0.831. The zero-order chi connectivity index (χ0) is 15.5. The maximum absolute atomic E-state index is 11.7. The van der Waals surface area contributed by atoms with Crippen LogP contribution in [0.2, 0.25) is 0 Å². The summed E-state index contributed by atoms with van der Waals surface area (Å²) < 4.78 is 23.4. The highest BCUT2D eigenvalue weighted by Crippen LogP contribution is 2.30.